The van der Waals surface area contributed by atoms with Crippen LogP contribution >= 0.6 is 0 Å². The largest absolute Gasteiger partial charge is 0.480 e. The predicted octanol–water partition coefficient (Wildman–Crippen LogP) is 3.18. The number of hydrogen-bond acceptors (Lipinski definition) is 5. The van der Waals surface area contributed by atoms with Crippen LogP contribution in [0.5, 0.6) is 0 Å². The number of amides is 2. The maximum atomic E-state index is 12.2. The molecule has 27 heavy (non-hydrogen) atoms. The average molecular weight is 380 g/mol. The molecule has 0 bridgehead atoms. The molecule has 0 aliphatic rings. The summed E-state index contributed by atoms with van der Waals surface area (Å²) < 4.78 is 9.91. The van der Waals surface area contributed by atoms with E-state index in [1.54, 1.807) is 20.8 Å². The Morgan fingerprint density at radius 2 is 1.78 bits per heavy atom. The zero-order chi connectivity index (χ0) is 20.6. The van der Waals surface area contributed by atoms with Gasteiger partial charge in [-0.25, -0.2) is 14.4 Å². The number of ether oxygens (including phenoxy) is 2. The van der Waals surface area contributed by atoms with Crippen LogP contribution < -0.4 is 5.32 Å². The highest BCUT2D eigenvalue weighted by Crippen LogP contribution is 2.21. The molecule has 0 unspecified atom stereocenters. The number of hydrogen-bond donors (Lipinski definition) is 2. The fourth-order valence-electron chi connectivity index (χ4n) is 2.45. The van der Waals surface area contributed by atoms with E-state index < -0.39 is 29.8 Å². The molecule has 0 aromatic heterocycles. The number of rotatable bonds is 7. The summed E-state index contributed by atoms with van der Waals surface area (Å²) in [6.45, 7) is 6.95. The van der Waals surface area contributed by atoms with Crippen molar-refractivity contribution in [2.45, 2.75) is 51.8 Å². The van der Waals surface area contributed by atoms with Gasteiger partial charge in [0.25, 0.3) is 0 Å². The Balaban J connectivity index is 2.83. The van der Waals surface area contributed by atoms with Gasteiger partial charge < -0.3 is 24.8 Å². The third kappa shape index (κ3) is 7.55. The Kier molecular flexibility index (Phi) is 8.08. The van der Waals surface area contributed by atoms with Crippen LogP contribution in [-0.2, 0) is 14.3 Å². The van der Waals surface area contributed by atoms with Gasteiger partial charge in [-0.15, -0.1) is 0 Å². The molecule has 1 rings (SSSR count). The van der Waals surface area contributed by atoms with Crippen molar-refractivity contribution >= 4 is 18.2 Å². The minimum atomic E-state index is -1.21. The molecule has 0 radical (unpaired) electrons. The van der Waals surface area contributed by atoms with Gasteiger partial charge in [0.2, 0.25) is 0 Å². The molecule has 2 atom stereocenters. The molecule has 2 amide bonds. The van der Waals surface area contributed by atoms with Crippen LogP contribution in [0.25, 0.3) is 0 Å². The second kappa shape index (κ2) is 9.80. The lowest BCUT2D eigenvalue weighted by Gasteiger charge is -2.29. The lowest BCUT2D eigenvalue weighted by molar-refractivity contribution is -0.139. The highest BCUT2D eigenvalue weighted by Gasteiger charge is 2.28. The van der Waals surface area contributed by atoms with Gasteiger partial charge in [0.05, 0.1) is 13.2 Å². The molecule has 2 N–H and O–H groups in total. The van der Waals surface area contributed by atoms with E-state index in [9.17, 15) is 19.5 Å². The number of carboxylic acids is 1. The monoisotopic (exact) mass is 380 g/mol. The summed E-state index contributed by atoms with van der Waals surface area (Å²) in [5.41, 5.74) is 0.141. The topological polar surface area (TPSA) is 105 Å². The Bertz CT molecular complexity index is 641. The summed E-state index contributed by atoms with van der Waals surface area (Å²) in [5, 5.41) is 11.7. The van der Waals surface area contributed by atoms with Gasteiger partial charge in [0.1, 0.15) is 11.6 Å². The molecule has 0 aliphatic heterocycles. The number of carboxylic acid groups (broad SMARTS) is 1. The van der Waals surface area contributed by atoms with Crippen molar-refractivity contribution in [1.82, 2.24) is 10.2 Å². The number of benzene rings is 1. The van der Waals surface area contributed by atoms with Crippen LogP contribution in [0.15, 0.2) is 30.3 Å². The summed E-state index contributed by atoms with van der Waals surface area (Å²) in [6.07, 6.45) is -1.40. The summed E-state index contributed by atoms with van der Waals surface area (Å²) >= 11 is 0. The molecule has 0 aliphatic carbocycles. The van der Waals surface area contributed by atoms with E-state index in [0.717, 1.165) is 5.56 Å². The zero-order valence-electron chi connectivity index (χ0n) is 16.4. The van der Waals surface area contributed by atoms with Gasteiger partial charge in [-0.2, -0.15) is 0 Å². The Labute approximate surface area is 159 Å². The van der Waals surface area contributed by atoms with Crippen molar-refractivity contribution in [3.63, 3.8) is 0 Å². The fraction of sp³-hybridized carbons (Fsp3) is 0.526. The number of alkyl carbamates (subject to hydrolysis) is 1. The van der Waals surface area contributed by atoms with Crippen molar-refractivity contribution in [2.75, 3.05) is 13.7 Å². The highest BCUT2D eigenvalue weighted by atomic mass is 16.6. The van der Waals surface area contributed by atoms with Gasteiger partial charge in [0, 0.05) is 6.54 Å². The van der Waals surface area contributed by atoms with E-state index in [2.05, 4.69) is 5.32 Å². The van der Waals surface area contributed by atoms with Crippen molar-refractivity contribution in [1.29, 1.82) is 0 Å². The maximum absolute atomic E-state index is 12.2. The summed E-state index contributed by atoms with van der Waals surface area (Å²) in [6, 6.07) is 7.79. The Morgan fingerprint density at radius 3 is 2.26 bits per heavy atom. The van der Waals surface area contributed by atoms with Crippen molar-refractivity contribution in [2.24, 2.45) is 0 Å². The van der Waals surface area contributed by atoms with Crippen molar-refractivity contribution in [3.05, 3.63) is 35.9 Å². The van der Waals surface area contributed by atoms with Gasteiger partial charge in [0.15, 0.2) is 0 Å². The fourth-order valence-corrected chi connectivity index (χ4v) is 2.45. The van der Waals surface area contributed by atoms with E-state index in [-0.39, 0.29) is 19.0 Å². The highest BCUT2D eigenvalue weighted by molar-refractivity contribution is 5.80. The van der Waals surface area contributed by atoms with Crippen LogP contribution in [0, 0.1) is 0 Å². The zero-order valence-corrected chi connectivity index (χ0v) is 16.4. The van der Waals surface area contributed by atoms with E-state index in [0.29, 0.717) is 0 Å². The minimum Gasteiger partial charge on any atom is -0.480 e. The minimum absolute atomic E-state index is 0.000843. The molecular weight excluding hydrogens is 352 g/mol. The molecule has 8 heteroatoms. The van der Waals surface area contributed by atoms with E-state index >= 15 is 0 Å². The Hall–Kier alpha value is -2.77. The third-order valence-electron chi connectivity index (χ3n) is 3.81. The SMILES string of the molecule is COC(=O)N(CC[C@H](NC(=O)OC(C)(C)C)C(=O)O)[C@H](C)c1ccccc1. The number of nitrogens with one attached hydrogen (secondary N) is 1. The molecule has 1 aromatic rings. The number of methoxy groups -OCH3 is 1. The first kappa shape index (κ1) is 22.3. The Morgan fingerprint density at radius 1 is 1.19 bits per heavy atom. The van der Waals surface area contributed by atoms with Gasteiger partial charge in [-0.1, -0.05) is 30.3 Å². The molecule has 0 saturated carbocycles. The molecule has 0 fully saturated rings. The lowest BCUT2D eigenvalue weighted by Crippen LogP contribution is -2.46. The standard InChI is InChI=1S/C19H28N2O6/c1-13(14-9-7-6-8-10-14)21(18(25)26-5)12-11-15(16(22)23)20-17(24)27-19(2,3)4/h6-10,13,15H,11-12H2,1-5H3,(H,20,24)(H,22,23)/t13-,15+/m1/s1. The van der Waals surface area contributed by atoms with Crippen LogP contribution in [-0.4, -0.2) is 53.5 Å². The molecule has 8 nitrogen and oxygen atoms in total. The van der Waals surface area contributed by atoms with Crippen LogP contribution in [0.4, 0.5) is 9.59 Å². The number of aliphatic carboxylic acids is 1. The van der Waals surface area contributed by atoms with Crippen molar-refractivity contribution in [3.8, 4) is 0 Å². The normalized spacial score (nSPS) is 13.2. The summed E-state index contributed by atoms with van der Waals surface area (Å²) in [7, 11) is 1.26. The first-order valence-corrected chi connectivity index (χ1v) is 8.67. The first-order chi connectivity index (χ1) is 12.5. The molecule has 150 valence electrons. The van der Waals surface area contributed by atoms with Crippen LogP contribution in [0.2, 0.25) is 0 Å². The summed E-state index contributed by atoms with van der Waals surface area (Å²) in [5.74, 6) is -1.21. The smallest absolute Gasteiger partial charge is 0.409 e. The van der Waals surface area contributed by atoms with E-state index in [1.807, 2.05) is 37.3 Å². The molecule has 0 spiro atoms. The van der Waals surface area contributed by atoms with Gasteiger partial charge in [-0.3, -0.25) is 0 Å². The number of carbonyl (C=O) groups is 3. The number of nitrogens with zero attached hydrogens (tertiary/aromatic N) is 1. The predicted molar refractivity (Wildman–Crippen MR) is 99.4 cm³/mol. The average Bonchev–Trinajstić information content (AvgIpc) is 2.59. The second-order valence-corrected chi connectivity index (χ2v) is 7.08. The second-order valence-electron chi connectivity index (χ2n) is 7.08. The molecular formula is C19H28N2O6. The lowest BCUT2D eigenvalue weighted by atomic mass is 10.1. The first-order valence-electron chi connectivity index (χ1n) is 8.67. The maximum Gasteiger partial charge on any atom is 0.409 e. The van der Waals surface area contributed by atoms with Crippen LogP contribution in [0.1, 0.15) is 45.7 Å². The molecule has 0 saturated heterocycles. The van der Waals surface area contributed by atoms with E-state index in [4.69, 9.17) is 9.47 Å². The van der Waals surface area contributed by atoms with Gasteiger partial charge in [-0.05, 0) is 39.7 Å². The quantitative estimate of drug-likeness (QED) is 0.753. The third-order valence-corrected chi connectivity index (χ3v) is 3.81. The van der Waals surface area contributed by atoms with E-state index in [1.165, 1.54) is 12.0 Å². The number of carbonyl (C=O) groups excluding carboxylic acids is 2. The molecule has 1 aromatic carbocycles. The van der Waals surface area contributed by atoms with Crippen molar-refractivity contribution < 1.29 is 29.0 Å². The van der Waals surface area contributed by atoms with Gasteiger partial charge >= 0.3 is 18.2 Å². The summed E-state index contributed by atoms with van der Waals surface area (Å²) in [4.78, 5) is 36.9. The molecule has 0 heterocycles. The van der Waals surface area contributed by atoms with Crippen LogP contribution in [0.3, 0.4) is 0 Å².